The highest BCUT2D eigenvalue weighted by atomic mass is 127. The van der Waals surface area contributed by atoms with Crippen LogP contribution in [0.2, 0.25) is 5.02 Å². The zero-order valence-corrected chi connectivity index (χ0v) is 19.8. The van der Waals surface area contributed by atoms with E-state index >= 15 is 0 Å². The first-order valence-electron chi connectivity index (χ1n) is 9.62. The average molecular weight is 530 g/mol. The van der Waals surface area contributed by atoms with Crippen molar-refractivity contribution in [2.75, 3.05) is 33.4 Å². The minimum Gasteiger partial charge on any atom is -0.497 e. The number of rotatable bonds is 7. The van der Waals surface area contributed by atoms with Gasteiger partial charge in [-0.3, -0.25) is 4.99 Å². The second-order valence-electron chi connectivity index (χ2n) is 7.10. The van der Waals surface area contributed by atoms with Crippen molar-refractivity contribution >= 4 is 41.5 Å². The fourth-order valence-electron chi connectivity index (χ4n) is 3.59. The van der Waals surface area contributed by atoms with Gasteiger partial charge < -0.3 is 20.5 Å². The van der Waals surface area contributed by atoms with E-state index in [1.807, 2.05) is 30.3 Å². The molecule has 0 aliphatic carbocycles. The number of halogens is 2. The van der Waals surface area contributed by atoms with E-state index in [4.69, 9.17) is 26.8 Å². The van der Waals surface area contributed by atoms with Gasteiger partial charge in [-0.15, -0.1) is 24.0 Å². The lowest BCUT2D eigenvalue weighted by Gasteiger charge is -2.37. The van der Waals surface area contributed by atoms with Crippen LogP contribution in [0.15, 0.2) is 53.5 Å². The lowest BCUT2D eigenvalue weighted by atomic mass is 9.74. The molecule has 1 aliphatic rings. The third kappa shape index (κ3) is 6.49. The van der Waals surface area contributed by atoms with Crippen LogP contribution in [-0.4, -0.2) is 39.4 Å². The molecule has 3 N–H and O–H groups in total. The van der Waals surface area contributed by atoms with Gasteiger partial charge >= 0.3 is 0 Å². The molecule has 0 spiro atoms. The normalized spacial score (nSPS) is 16.0. The third-order valence-electron chi connectivity index (χ3n) is 5.33. The van der Waals surface area contributed by atoms with E-state index in [-0.39, 0.29) is 29.4 Å². The molecule has 1 fully saturated rings. The Morgan fingerprint density at radius 1 is 1.17 bits per heavy atom. The van der Waals surface area contributed by atoms with Crippen molar-refractivity contribution in [3.8, 4) is 5.75 Å². The molecule has 1 aliphatic heterocycles. The molecule has 0 radical (unpaired) electrons. The van der Waals surface area contributed by atoms with Gasteiger partial charge in [0, 0.05) is 30.2 Å². The maximum Gasteiger partial charge on any atom is 0.188 e. The molecule has 0 amide bonds. The number of nitrogens with zero attached hydrogens (tertiary/aromatic N) is 1. The number of ether oxygens (including phenoxy) is 2. The largest absolute Gasteiger partial charge is 0.497 e. The van der Waals surface area contributed by atoms with Crippen LogP contribution >= 0.6 is 35.6 Å². The maximum absolute atomic E-state index is 6.49. The number of hydrogen-bond acceptors (Lipinski definition) is 3. The van der Waals surface area contributed by atoms with Crippen LogP contribution < -0.4 is 15.8 Å². The van der Waals surface area contributed by atoms with E-state index in [1.165, 1.54) is 5.56 Å². The Balaban J connectivity index is 0.00000300. The summed E-state index contributed by atoms with van der Waals surface area (Å²) in [5.74, 6) is 1.32. The zero-order valence-electron chi connectivity index (χ0n) is 16.7. The van der Waals surface area contributed by atoms with E-state index in [9.17, 15) is 0 Å². The molecule has 0 aromatic heterocycles. The summed E-state index contributed by atoms with van der Waals surface area (Å²) in [6.45, 7) is 2.75. The second-order valence-corrected chi connectivity index (χ2v) is 7.51. The van der Waals surface area contributed by atoms with E-state index in [0.29, 0.717) is 25.7 Å². The van der Waals surface area contributed by atoms with Gasteiger partial charge in [0.15, 0.2) is 5.96 Å². The molecular formula is C22H29ClIN3O2. The molecule has 1 saturated heterocycles. The van der Waals surface area contributed by atoms with Crippen LogP contribution in [0.5, 0.6) is 5.75 Å². The Morgan fingerprint density at radius 2 is 1.86 bits per heavy atom. The minimum absolute atomic E-state index is 0. The Kier molecular flexibility index (Phi) is 9.52. The second kappa shape index (κ2) is 11.6. The molecule has 1 heterocycles. The first kappa shape index (κ1) is 23.8. The lowest BCUT2D eigenvalue weighted by Crippen LogP contribution is -2.39. The minimum atomic E-state index is -0.126. The SMILES string of the molecule is COc1ccc(CCNC(N)=NCC2(c3ccccc3Cl)CCOCC2)cc1.I. The van der Waals surface area contributed by atoms with Crippen LogP contribution in [0.3, 0.4) is 0 Å². The number of guanidine groups is 1. The molecule has 0 unspecified atom stereocenters. The third-order valence-corrected chi connectivity index (χ3v) is 5.66. The van der Waals surface area contributed by atoms with Crippen LogP contribution in [-0.2, 0) is 16.6 Å². The van der Waals surface area contributed by atoms with Gasteiger partial charge in [0.2, 0.25) is 0 Å². The summed E-state index contributed by atoms with van der Waals surface area (Å²) in [4.78, 5) is 4.65. The molecule has 158 valence electrons. The topological polar surface area (TPSA) is 68.9 Å². The van der Waals surface area contributed by atoms with Gasteiger partial charge in [-0.1, -0.05) is 41.9 Å². The van der Waals surface area contributed by atoms with Crippen molar-refractivity contribution in [2.45, 2.75) is 24.7 Å². The van der Waals surface area contributed by atoms with Gasteiger partial charge in [0.05, 0.1) is 13.7 Å². The molecule has 0 bridgehead atoms. The first-order valence-corrected chi connectivity index (χ1v) is 10.0. The molecule has 0 saturated carbocycles. The summed E-state index contributed by atoms with van der Waals surface area (Å²) in [5.41, 5.74) is 8.36. The van der Waals surface area contributed by atoms with Crippen molar-refractivity contribution in [1.82, 2.24) is 5.32 Å². The van der Waals surface area contributed by atoms with Crippen LogP contribution in [0.25, 0.3) is 0 Å². The van der Waals surface area contributed by atoms with Crippen molar-refractivity contribution < 1.29 is 9.47 Å². The molecule has 0 atom stereocenters. The smallest absolute Gasteiger partial charge is 0.188 e. The van der Waals surface area contributed by atoms with Crippen LogP contribution in [0.4, 0.5) is 0 Å². The number of nitrogens with one attached hydrogen (secondary N) is 1. The molecule has 29 heavy (non-hydrogen) atoms. The van der Waals surface area contributed by atoms with E-state index < -0.39 is 0 Å². The molecular weight excluding hydrogens is 501 g/mol. The summed E-state index contributed by atoms with van der Waals surface area (Å²) in [6.07, 6.45) is 2.64. The molecule has 3 rings (SSSR count). The van der Waals surface area contributed by atoms with Crippen LogP contribution in [0, 0.1) is 0 Å². The number of benzene rings is 2. The number of hydrogen-bond donors (Lipinski definition) is 2. The van der Waals surface area contributed by atoms with E-state index in [2.05, 4.69) is 28.5 Å². The highest BCUT2D eigenvalue weighted by Crippen LogP contribution is 2.38. The van der Waals surface area contributed by atoms with Crippen molar-refractivity contribution in [2.24, 2.45) is 10.7 Å². The molecule has 7 heteroatoms. The zero-order chi connectivity index (χ0) is 19.8. The monoisotopic (exact) mass is 529 g/mol. The average Bonchev–Trinajstić information content (AvgIpc) is 2.74. The van der Waals surface area contributed by atoms with Gasteiger partial charge in [0.25, 0.3) is 0 Å². The van der Waals surface area contributed by atoms with Gasteiger partial charge in [-0.2, -0.15) is 0 Å². The summed E-state index contributed by atoms with van der Waals surface area (Å²) in [6, 6.07) is 16.1. The van der Waals surface area contributed by atoms with Gasteiger partial charge in [-0.05, 0) is 48.6 Å². The highest BCUT2D eigenvalue weighted by molar-refractivity contribution is 14.0. The summed E-state index contributed by atoms with van der Waals surface area (Å²) in [7, 11) is 1.67. The molecule has 5 nitrogen and oxygen atoms in total. The Bertz CT molecular complexity index is 793. The molecule has 2 aromatic carbocycles. The van der Waals surface area contributed by atoms with Crippen molar-refractivity contribution in [3.63, 3.8) is 0 Å². The van der Waals surface area contributed by atoms with Gasteiger partial charge in [-0.25, -0.2) is 0 Å². The Morgan fingerprint density at radius 3 is 2.52 bits per heavy atom. The Labute approximate surface area is 195 Å². The predicted octanol–water partition coefficient (Wildman–Crippen LogP) is 4.16. The van der Waals surface area contributed by atoms with Crippen molar-refractivity contribution in [3.05, 3.63) is 64.7 Å². The molecule has 2 aromatic rings. The Hall–Kier alpha value is -1.51. The summed E-state index contributed by atoms with van der Waals surface area (Å²) in [5, 5.41) is 4.00. The number of aliphatic imine (C=N–C) groups is 1. The summed E-state index contributed by atoms with van der Waals surface area (Å²) >= 11 is 6.49. The van der Waals surface area contributed by atoms with Crippen molar-refractivity contribution in [1.29, 1.82) is 0 Å². The quantitative estimate of drug-likeness (QED) is 0.321. The standard InChI is InChI=1S/C22H28ClN3O2.HI/c1-27-18-8-6-17(7-9-18)10-13-25-21(24)26-16-22(11-14-28-15-12-22)19-4-2-3-5-20(19)23;/h2-9H,10-16H2,1H3,(H3,24,25,26);1H. The van der Waals surface area contributed by atoms with Gasteiger partial charge in [0.1, 0.15) is 5.75 Å². The number of nitrogens with two attached hydrogens (primary N) is 1. The fourth-order valence-corrected chi connectivity index (χ4v) is 3.92. The lowest BCUT2D eigenvalue weighted by molar-refractivity contribution is 0.0531. The van der Waals surface area contributed by atoms with Crippen LogP contribution in [0.1, 0.15) is 24.0 Å². The number of methoxy groups -OCH3 is 1. The highest BCUT2D eigenvalue weighted by Gasteiger charge is 2.35. The van der Waals surface area contributed by atoms with E-state index in [1.54, 1.807) is 7.11 Å². The van der Waals surface area contributed by atoms with E-state index in [0.717, 1.165) is 42.1 Å². The summed E-state index contributed by atoms with van der Waals surface area (Å²) < 4.78 is 10.8. The fraction of sp³-hybridized carbons (Fsp3) is 0.409. The predicted molar refractivity (Wildman–Crippen MR) is 130 cm³/mol. The first-order chi connectivity index (χ1) is 13.6. The maximum atomic E-state index is 6.49.